The van der Waals surface area contributed by atoms with Crippen molar-refractivity contribution in [2.75, 3.05) is 31.7 Å². The predicted octanol–water partition coefficient (Wildman–Crippen LogP) is 2.37. The van der Waals surface area contributed by atoms with Gasteiger partial charge in [-0.3, -0.25) is 9.59 Å². The monoisotopic (exact) mass is 358 g/mol. The fourth-order valence-electron chi connectivity index (χ4n) is 3.80. The third kappa shape index (κ3) is 4.01. The van der Waals surface area contributed by atoms with Crippen LogP contribution >= 0.6 is 0 Å². The highest BCUT2D eigenvalue weighted by Gasteiger charge is 2.38. The van der Waals surface area contributed by atoms with Crippen LogP contribution in [0.3, 0.4) is 0 Å². The van der Waals surface area contributed by atoms with Crippen molar-refractivity contribution in [1.29, 1.82) is 0 Å². The van der Waals surface area contributed by atoms with Crippen molar-refractivity contribution in [2.24, 2.45) is 5.92 Å². The van der Waals surface area contributed by atoms with E-state index in [1.807, 2.05) is 23.1 Å². The molecule has 6 heteroatoms. The number of hydrogen-bond acceptors (Lipinski definition) is 4. The first-order chi connectivity index (χ1) is 12.7. The Labute approximate surface area is 153 Å². The first-order valence-electron chi connectivity index (χ1n) is 9.63. The van der Waals surface area contributed by atoms with Crippen LogP contribution in [0.4, 0.5) is 5.69 Å². The van der Waals surface area contributed by atoms with Crippen LogP contribution in [0.2, 0.25) is 0 Å². The molecule has 0 bridgehead atoms. The molecule has 1 aliphatic carbocycles. The summed E-state index contributed by atoms with van der Waals surface area (Å²) in [6, 6.07) is 6.09. The standard InChI is InChI=1S/C20H26N2O4/c23-19-8-6-14-5-7-16(12-17(14)21-19)26-10-1-2-20(24)22-9-11-25-13-18(22)15-3-4-15/h5,7,12,15,18H,1-4,6,8-11,13H2,(H,21,23). The van der Waals surface area contributed by atoms with E-state index in [4.69, 9.17) is 9.47 Å². The molecule has 140 valence electrons. The van der Waals surface area contributed by atoms with Crippen LogP contribution in [0.1, 0.15) is 37.7 Å². The highest BCUT2D eigenvalue weighted by atomic mass is 16.5. The molecular weight excluding hydrogens is 332 g/mol. The Bertz CT molecular complexity index is 686. The average Bonchev–Trinajstić information content (AvgIpc) is 3.50. The second-order valence-electron chi connectivity index (χ2n) is 7.39. The number of benzene rings is 1. The average molecular weight is 358 g/mol. The van der Waals surface area contributed by atoms with Crippen molar-refractivity contribution in [3.63, 3.8) is 0 Å². The topological polar surface area (TPSA) is 67.9 Å². The van der Waals surface area contributed by atoms with Gasteiger partial charge in [-0.2, -0.15) is 0 Å². The lowest BCUT2D eigenvalue weighted by molar-refractivity contribution is -0.141. The number of ether oxygens (including phenoxy) is 2. The molecule has 2 heterocycles. The Morgan fingerprint density at radius 1 is 1.31 bits per heavy atom. The minimum absolute atomic E-state index is 0.0518. The van der Waals surface area contributed by atoms with Crippen LogP contribution in [0.5, 0.6) is 5.75 Å². The molecule has 1 atom stereocenters. The Balaban J connectivity index is 1.24. The maximum absolute atomic E-state index is 12.5. The van der Waals surface area contributed by atoms with Crippen LogP contribution in [-0.4, -0.2) is 49.1 Å². The van der Waals surface area contributed by atoms with Crippen molar-refractivity contribution >= 4 is 17.5 Å². The summed E-state index contributed by atoms with van der Waals surface area (Å²) in [6.07, 6.45) is 4.95. The molecule has 1 aromatic carbocycles. The van der Waals surface area contributed by atoms with Gasteiger partial charge in [-0.15, -0.1) is 0 Å². The zero-order valence-corrected chi connectivity index (χ0v) is 15.0. The summed E-state index contributed by atoms with van der Waals surface area (Å²) >= 11 is 0. The number of nitrogens with zero attached hydrogens (tertiary/aromatic N) is 1. The summed E-state index contributed by atoms with van der Waals surface area (Å²) in [5.74, 6) is 1.64. The van der Waals surface area contributed by atoms with Crippen LogP contribution in [0, 0.1) is 5.92 Å². The van der Waals surface area contributed by atoms with E-state index in [2.05, 4.69) is 5.32 Å². The number of carbonyl (C=O) groups excluding carboxylic acids is 2. The van der Waals surface area contributed by atoms with Crippen molar-refractivity contribution < 1.29 is 19.1 Å². The fraction of sp³-hybridized carbons (Fsp3) is 0.600. The number of nitrogens with one attached hydrogen (secondary N) is 1. The van der Waals surface area contributed by atoms with Gasteiger partial charge in [-0.25, -0.2) is 0 Å². The third-order valence-corrected chi connectivity index (χ3v) is 5.43. The van der Waals surface area contributed by atoms with Gasteiger partial charge in [-0.1, -0.05) is 6.07 Å². The van der Waals surface area contributed by atoms with Gasteiger partial charge in [0.05, 0.1) is 25.9 Å². The van der Waals surface area contributed by atoms with E-state index in [1.54, 1.807) is 0 Å². The highest BCUT2D eigenvalue weighted by Crippen LogP contribution is 2.36. The Kier molecular flexibility index (Phi) is 5.11. The molecule has 6 nitrogen and oxygen atoms in total. The molecule has 1 unspecified atom stereocenters. The molecule has 2 amide bonds. The fourth-order valence-corrected chi connectivity index (χ4v) is 3.80. The van der Waals surface area contributed by atoms with Crippen LogP contribution in [0.25, 0.3) is 0 Å². The third-order valence-electron chi connectivity index (χ3n) is 5.43. The SMILES string of the molecule is O=C1CCc2ccc(OCCCC(=O)N3CCOCC3C3CC3)cc2N1. The first kappa shape index (κ1) is 17.3. The van der Waals surface area contributed by atoms with Crippen LogP contribution in [0.15, 0.2) is 18.2 Å². The van der Waals surface area contributed by atoms with Gasteiger partial charge in [-0.05, 0) is 43.2 Å². The van der Waals surface area contributed by atoms with E-state index in [1.165, 1.54) is 12.8 Å². The molecule has 0 radical (unpaired) electrons. The van der Waals surface area contributed by atoms with Gasteiger partial charge in [0, 0.05) is 31.1 Å². The Morgan fingerprint density at radius 2 is 2.19 bits per heavy atom. The quantitative estimate of drug-likeness (QED) is 0.793. The molecule has 26 heavy (non-hydrogen) atoms. The molecule has 1 N–H and O–H groups in total. The zero-order valence-electron chi connectivity index (χ0n) is 15.0. The molecule has 0 aromatic heterocycles. The molecular formula is C20H26N2O4. The molecule has 1 saturated carbocycles. The summed E-state index contributed by atoms with van der Waals surface area (Å²) in [4.78, 5) is 26.1. The summed E-state index contributed by atoms with van der Waals surface area (Å²) < 4.78 is 11.3. The number of amides is 2. The lowest BCUT2D eigenvalue weighted by atomic mass is 10.0. The van der Waals surface area contributed by atoms with Crippen LogP contribution < -0.4 is 10.1 Å². The molecule has 3 aliphatic rings. The normalized spacial score (nSPS) is 22.5. The maximum Gasteiger partial charge on any atom is 0.224 e. The van der Waals surface area contributed by atoms with Gasteiger partial charge in [0.1, 0.15) is 5.75 Å². The summed E-state index contributed by atoms with van der Waals surface area (Å²) in [5, 5.41) is 2.88. The molecule has 0 spiro atoms. The first-order valence-corrected chi connectivity index (χ1v) is 9.63. The number of rotatable bonds is 6. The number of hydrogen-bond donors (Lipinski definition) is 1. The molecule has 1 saturated heterocycles. The largest absolute Gasteiger partial charge is 0.494 e. The minimum atomic E-state index is 0.0518. The lowest BCUT2D eigenvalue weighted by Gasteiger charge is -2.36. The van der Waals surface area contributed by atoms with E-state index in [0.717, 1.165) is 23.4 Å². The van der Waals surface area contributed by atoms with Gasteiger partial charge < -0.3 is 19.7 Å². The number of anilines is 1. The number of aryl methyl sites for hydroxylation is 1. The van der Waals surface area contributed by atoms with Gasteiger partial charge in [0.15, 0.2) is 0 Å². The van der Waals surface area contributed by atoms with E-state index >= 15 is 0 Å². The molecule has 1 aromatic rings. The molecule has 2 fully saturated rings. The Morgan fingerprint density at radius 3 is 3.04 bits per heavy atom. The van der Waals surface area contributed by atoms with E-state index < -0.39 is 0 Å². The second kappa shape index (κ2) is 7.66. The Hall–Kier alpha value is -2.08. The van der Waals surface area contributed by atoms with E-state index in [-0.39, 0.29) is 17.9 Å². The van der Waals surface area contributed by atoms with Gasteiger partial charge >= 0.3 is 0 Å². The van der Waals surface area contributed by atoms with Crippen molar-refractivity contribution in [2.45, 2.75) is 44.6 Å². The summed E-state index contributed by atoms with van der Waals surface area (Å²) in [6.45, 7) is 2.54. The number of carbonyl (C=O) groups is 2. The lowest BCUT2D eigenvalue weighted by Crippen LogP contribution is -2.49. The molecule has 2 aliphatic heterocycles. The minimum Gasteiger partial charge on any atom is -0.494 e. The molecule has 4 rings (SSSR count). The number of fused-ring (bicyclic) bond motifs is 1. The number of morpholine rings is 1. The van der Waals surface area contributed by atoms with Crippen LogP contribution in [-0.2, 0) is 20.7 Å². The van der Waals surface area contributed by atoms with Crippen molar-refractivity contribution in [1.82, 2.24) is 4.90 Å². The summed E-state index contributed by atoms with van der Waals surface area (Å²) in [5.41, 5.74) is 1.99. The maximum atomic E-state index is 12.5. The van der Waals surface area contributed by atoms with E-state index in [9.17, 15) is 9.59 Å². The highest BCUT2D eigenvalue weighted by molar-refractivity contribution is 5.94. The van der Waals surface area contributed by atoms with Crippen molar-refractivity contribution in [3.05, 3.63) is 23.8 Å². The van der Waals surface area contributed by atoms with Gasteiger partial charge in [0.2, 0.25) is 11.8 Å². The van der Waals surface area contributed by atoms with Crippen molar-refractivity contribution in [3.8, 4) is 5.75 Å². The second-order valence-corrected chi connectivity index (χ2v) is 7.39. The van der Waals surface area contributed by atoms with Gasteiger partial charge in [0.25, 0.3) is 0 Å². The smallest absolute Gasteiger partial charge is 0.224 e. The van der Waals surface area contributed by atoms with E-state index in [0.29, 0.717) is 51.5 Å². The summed E-state index contributed by atoms with van der Waals surface area (Å²) in [7, 11) is 0. The predicted molar refractivity (Wildman–Crippen MR) is 97.2 cm³/mol. The zero-order chi connectivity index (χ0) is 17.9.